The number of carbonyl (C=O) groups excluding carboxylic acids is 2. The molecule has 0 aliphatic heterocycles. The maximum Gasteiger partial charge on any atom is 0.472 e. The number of phosphoric acid groups is 2. The predicted octanol–water partition coefficient (Wildman–Crippen LogP) is 11.3. The van der Waals surface area contributed by atoms with Gasteiger partial charge in [-0.3, -0.25) is 27.7 Å². The van der Waals surface area contributed by atoms with Crippen LogP contribution in [0.3, 0.4) is 0 Å². The molecule has 0 aliphatic rings. The lowest BCUT2D eigenvalue weighted by molar-refractivity contribution is -0.148. The predicted molar refractivity (Wildman–Crippen MR) is 269 cm³/mol. The van der Waals surface area contributed by atoms with Crippen molar-refractivity contribution in [1.29, 1.82) is 0 Å². The zero-order valence-corrected chi connectivity index (χ0v) is 42.5. The standard InChI is InChI=1S/C51H84O15P2/c1-3-5-7-9-11-13-15-17-19-20-21-22-23-24-26-28-30-32-34-36-38-40-51(56)62-42-48(53)44-64-68(59,60)66-46-49(54)45-65-67(57,58)63-43-47(52)41-61-50(55)39-37-35-33-31-29-27-25-18-16-14-12-10-8-6-4-2/h6,8,10-14,16-19,21-22,24-27,29,47-49,52-54H,3-5,7,9,15,20,23,28,30-46H2,1-2H3,(H,57,58)(H,59,60)/b8-6+,12-10+,13-11-,16-14-,19-17-,22-21-,25-18-,26-24-,29-27+. The van der Waals surface area contributed by atoms with Crippen LogP contribution < -0.4 is 0 Å². The Bertz CT molecular complexity index is 1630. The Morgan fingerprint density at radius 2 is 0.735 bits per heavy atom. The molecule has 0 aromatic carbocycles. The molecule has 15 nitrogen and oxygen atoms in total. The first-order valence-corrected chi connectivity index (χ1v) is 27.3. The Morgan fingerprint density at radius 3 is 1.16 bits per heavy atom. The molecule has 0 bridgehead atoms. The summed E-state index contributed by atoms with van der Waals surface area (Å²) in [6.07, 6.45) is 50.7. The van der Waals surface area contributed by atoms with Crippen molar-refractivity contribution in [2.24, 2.45) is 0 Å². The Kier molecular flexibility index (Phi) is 43.9. The van der Waals surface area contributed by atoms with Gasteiger partial charge in [0.2, 0.25) is 0 Å². The summed E-state index contributed by atoms with van der Waals surface area (Å²) in [5.41, 5.74) is 0. The van der Waals surface area contributed by atoms with E-state index in [0.717, 1.165) is 77.0 Å². The molecule has 388 valence electrons. The Balaban J connectivity index is 3.96. The average Bonchev–Trinajstić information content (AvgIpc) is 3.31. The minimum atomic E-state index is -4.80. The molecule has 0 aromatic heterocycles. The van der Waals surface area contributed by atoms with E-state index in [9.17, 15) is 43.8 Å². The molecule has 0 aliphatic carbocycles. The highest BCUT2D eigenvalue weighted by Gasteiger charge is 2.28. The highest BCUT2D eigenvalue weighted by molar-refractivity contribution is 7.47. The zero-order valence-electron chi connectivity index (χ0n) is 40.7. The summed E-state index contributed by atoms with van der Waals surface area (Å²) in [6, 6.07) is 0. The van der Waals surface area contributed by atoms with Gasteiger partial charge in [0, 0.05) is 12.8 Å². The van der Waals surface area contributed by atoms with Gasteiger partial charge in [0.15, 0.2) is 0 Å². The highest BCUT2D eigenvalue weighted by atomic mass is 31.2. The van der Waals surface area contributed by atoms with Gasteiger partial charge in [0.25, 0.3) is 0 Å². The van der Waals surface area contributed by atoms with E-state index < -0.39 is 85.5 Å². The first-order valence-electron chi connectivity index (χ1n) is 24.3. The summed E-state index contributed by atoms with van der Waals surface area (Å²) in [5.74, 6) is -1.06. The summed E-state index contributed by atoms with van der Waals surface area (Å²) in [5, 5.41) is 30.0. The summed E-state index contributed by atoms with van der Waals surface area (Å²) >= 11 is 0. The SMILES string of the molecule is CC/C=C/C=C/C=C\C=C/C=C/CCCCCC(=O)OCC(O)COP(=O)(O)OCC(O)COP(=O)(O)OCC(O)COC(=O)CCCCCCC/C=C\C/C=C\C/C=C\C/C=C\CCCCC. The molecule has 0 saturated carbocycles. The third-order valence-electron chi connectivity index (χ3n) is 9.34. The summed E-state index contributed by atoms with van der Waals surface area (Å²) in [4.78, 5) is 43.8. The number of phosphoric ester groups is 2. The van der Waals surface area contributed by atoms with Crippen LogP contribution in [-0.2, 0) is 46.3 Å². The molecular weight excluding hydrogens is 914 g/mol. The van der Waals surface area contributed by atoms with E-state index in [1.165, 1.54) is 25.7 Å². The fourth-order valence-electron chi connectivity index (χ4n) is 5.57. The summed E-state index contributed by atoms with van der Waals surface area (Å²) in [6.45, 7) is 0.138. The summed E-state index contributed by atoms with van der Waals surface area (Å²) in [7, 11) is -9.61. The molecule has 0 spiro atoms. The van der Waals surface area contributed by atoms with Gasteiger partial charge in [0.1, 0.15) is 31.5 Å². The van der Waals surface area contributed by atoms with Crippen molar-refractivity contribution in [3.8, 4) is 0 Å². The number of allylic oxidation sites excluding steroid dienone is 18. The molecule has 0 aromatic rings. The molecule has 5 atom stereocenters. The van der Waals surface area contributed by atoms with Crippen LogP contribution in [0.5, 0.6) is 0 Å². The minimum Gasteiger partial charge on any atom is -0.463 e. The fourth-order valence-corrected chi connectivity index (χ4v) is 7.16. The Hall–Kier alpha value is -3.30. The molecule has 0 fully saturated rings. The van der Waals surface area contributed by atoms with Crippen molar-refractivity contribution in [3.63, 3.8) is 0 Å². The van der Waals surface area contributed by atoms with Gasteiger partial charge >= 0.3 is 27.6 Å². The monoisotopic (exact) mass is 999 g/mol. The second-order valence-electron chi connectivity index (χ2n) is 15.9. The number of hydrogen-bond acceptors (Lipinski definition) is 13. The van der Waals surface area contributed by atoms with Crippen molar-refractivity contribution in [1.82, 2.24) is 0 Å². The Morgan fingerprint density at radius 1 is 0.412 bits per heavy atom. The molecule has 5 N–H and O–H groups in total. The smallest absolute Gasteiger partial charge is 0.463 e. The second kappa shape index (κ2) is 46.1. The van der Waals surface area contributed by atoms with E-state index in [-0.39, 0.29) is 12.8 Å². The van der Waals surface area contributed by atoms with E-state index in [1.807, 2.05) is 54.7 Å². The molecule has 0 rings (SSSR count). The first-order chi connectivity index (χ1) is 32.8. The second-order valence-corrected chi connectivity index (χ2v) is 18.8. The van der Waals surface area contributed by atoms with Crippen LogP contribution in [0.15, 0.2) is 109 Å². The van der Waals surface area contributed by atoms with E-state index in [0.29, 0.717) is 12.8 Å². The minimum absolute atomic E-state index is 0.141. The Labute approximate surface area is 407 Å². The lowest BCUT2D eigenvalue weighted by atomic mass is 10.1. The van der Waals surface area contributed by atoms with Gasteiger partial charge in [-0.15, -0.1) is 0 Å². The maximum absolute atomic E-state index is 12.2. The van der Waals surface area contributed by atoms with Crippen LogP contribution in [0.4, 0.5) is 0 Å². The van der Waals surface area contributed by atoms with Crippen LogP contribution in [0.25, 0.3) is 0 Å². The van der Waals surface area contributed by atoms with Gasteiger partial charge in [-0.1, -0.05) is 162 Å². The van der Waals surface area contributed by atoms with E-state index >= 15 is 0 Å². The van der Waals surface area contributed by atoms with E-state index in [1.54, 1.807) is 0 Å². The van der Waals surface area contributed by atoms with Gasteiger partial charge < -0.3 is 34.6 Å². The van der Waals surface area contributed by atoms with Gasteiger partial charge in [-0.2, -0.15) is 0 Å². The van der Waals surface area contributed by atoms with Gasteiger partial charge in [0.05, 0.1) is 26.4 Å². The van der Waals surface area contributed by atoms with Crippen molar-refractivity contribution in [2.75, 3.05) is 39.6 Å². The molecule has 5 unspecified atom stereocenters. The van der Waals surface area contributed by atoms with Gasteiger partial charge in [-0.05, 0) is 77.0 Å². The third kappa shape index (κ3) is 47.8. The fraction of sp³-hybridized carbons (Fsp3) is 0.608. The number of ether oxygens (including phenoxy) is 2. The number of carbonyl (C=O) groups is 2. The molecule has 0 heterocycles. The number of rotatable bonds is 45. The normalized spacial score (nSPS) is 15.9. The largest absolute Gasteiger partial charge is 0.472 e. The third-order valence-corrected chi connectivity index (χ3v) is 11.2. The number of hydrogen-bond donors (Lipinski definition) is 5. The average molecular weight is 999 g/mol. The maximum atomic E-state index is 12.2. The van der Waals surface area contributed by atoms with Crippen LogP contribution >= 0.6 is 15.6 Å². The van der Waals surface area contributed by atoms with Crippen molar-refractivity contribution in [3.05, 3.63) is 109 Å². The number of aliphatic hydroxyl groups excluding tert-OH is 3. The molecule has 17 heteroatoms. The molecular formula is C51H84O15P2. The molecule has 68 heavy (non-hydrogen) atoms. The number of unbranched alkanes of at least 4 members (excludes halogenated alkanes) is 11. The molecule has 0 amide bonds. The molecule has 0 saturated heterocycles. The molecule has 0 radical (unpaired) electrons. The summed E-state index contributed by atoms with van der Waals surface area (Å²) < 4.78 is 52.9. The topological polar surface area (TPSA) is 225 Å². The van der Waals surface area contributed by atoms with Crippen LogP contribution in [0.1, 0.15) is 142 Å². The van der Waals surface area contributed by atoms with Crippen molar-refractivity contribution >= 4 is 27.6 Å². The van der Waals surface area contributed by atoms with E-state index in [4.69, 9.17) is 9.47 Å². The number of aliphatic hydroxyl groups is 3. The highest BCUT2D eigenvalue weighted by Crippen LogP contribution is 2.45. The van der Waals surface area contributed by atoms with Crippen LogP contribution in [-0.4, -0.2) is 95.0 Å². The van der Waals surface area contributed by atoms with Crippen LogP contribution in [0.2, 0.25) is 0 Å². The lowest BCUT2D eigenvalue weighted by Crippen LogP contribution is -2.25. The zero-order chi connectivity index (χ0) is 50.2. The van der Waals surface area contributed by atoms with E-state index in [2.05, 4.69) is 86.6 Å². The number of esters is 2. The van der Waals surface area contributed by atoms with Crippen molar-refractivity contribution < 1.29 is 71.4 Å². The lowest BCUT2D eigenvalue weighted by Gasteiger charge is -2.19. The van der Waals surface area contributed by atoms with Crippen LogP contribution in [0, 0.1) is 0 Å². The van der Waals surface area contributed by atoms with Gasteiger partial charge in [-0.25, -0.2) is 9.13 Å². The first kappa shape index (κ1) is 64.7. The van der Waals surface area contributed by atoms with Crippen molar-refractivity contribution in [2.45, 2.75) is 161 Å². The quantitative estimate of drug-likeness (QED) is 0.0126.